The monoisotopic (exact) mass is 199 g/mol. The molecule has 0 bridgehead atoms. The average Bonchev–Trinajstić information content (AvgIpc) is 2.65. The maximum atomic E-state index is 3.92. The lowest BCUT2D eigenvalue weighted by Crippen LogP contribution is -2.19. The van der Waals surface area contributed by atoms with Gasteiger partial charge >= 0.3 is 0 Å². The van der Waals surface area contributed by atoms with Gasteiger partial charge in [-0.05, 0) is 31.9 Å². The fourth-order valence-electron chi connectivity index (χ4n) is 1.15. The maximum absolute atomic E-state index is 3.92. The van der Waals surface area contributed by atoms with Gasteiger partial charge in [-0.25, -0.2) is 0 Å². The fraction of sp³-hybridized carbons (Fsp3) is 0.667. The molecule has 0 aliphatic rings. The predicted octanol–water partition coefficient (Wildman–Crippen LogP) is 1.81. The van der Waals surface area contributed by atoms with Gasteiger partial charge in [0.1, 0.15) is 0 Å². The van der Waals surface area contributed by atoms with Gasteiger partial charge in [-0.3, -0.25) is 5.10 Å². The zero-order valence-electron chi connectivity index (χ0n) is 8.21. The van der Waals surface area contributed by atoms with E-state index in [1.54, 1.807) is 0 Å². The van der Waals surface area contributed by atoms with Crippen molar-refractivity contribution in [2.24, 2.45) is 0 Å². The molecule has 2 N–H and O–H groups in total. The highest BCUT2D eigenvalue weighted by atomic mass is 32.2. The first-order valence-electron chi connectivity index (χ1n) is 4.55. The lowest BCUT2D eigenvalue weighted by Gasteiger charge is -2.10. The highest BCUT2D eigenvalue weighted by Gasteiger charge is 2.03. The second-order valence-corrected chi connectivity index (χ2v) is 4.04. The molecule has 74 valence electrons. The van der Waals surface area contributed by atoms with Crippen molar-refractivity contribution in [1.82, 2.24) is 15.5 Å². The van der Waals surface area contributed by atoms with Crippen molar-refractivity contribution in [1.29, 1.82) is 0 Å². The Morgan fingerprint density at radius 3 is 3.15 bits per heavy atom. The smallest absolute Gasteiger partial charge is 0.0534 e. The van der Waals surface area contributed by atoms with Gasteiger partial charge in [0, 0.05) is 17.8 Å². The molecule has 1 rings (SSSR count). The van der Waals surface area contributed by atoms with Gasteiger partial charge in [-0.1, -0.05) is 0 Å². The molecule has 13 heavy (non-hydrogen) atoms. The van der Waals surface area contributed by atoms with E-state index < -0.39 is 0 Å². The molecule has 3 nitrogen and oxygen atoms in total. The summed E-state index contributed by atoms with van der Waals surface area (Å²) in [6, 6.07) is 0.403. The third-order valence-electron chi connectivity index (χ3n) is 2.00. The third-order valence-corrected chi connectivity index (χ3v) is 2.69. The van der Waals surface area contributed by atoms with Crippen LogP contribution in [0.4, 0.5) is 0 Å². The van der Waals surface area contributed by atoms with Crippen molar-refractivity contribution in [3.05, 3.63) is 18.0 Å². The molecule has 0 saturated carbocycles. The highest BCUT2D eigenvalue weighted by Crippen LogP contribution is 2.08. The van der Waals surface area contributed by atoms with Crippen LogP contribution in [0, 0.1) is 0 Å². The van der Waals surface area contributed by atoms with Crippen LogP contribution in [0.3, 0.4) is 0 Å². The molecule has 0 fully saturated rings. The number of H-pyrrole nitrogens is 1. The molecule has 1 aromatic heterocycles. The molecule has 1 atom stereocenters. The Morgan fingerprint density at radius 2 is 2.54 bits per heavy atom. The molecule has 1 unspecified atom stereocenters. The SMILES string of the molecule is CSCCCNC(C)c1cn[nH]c1. The Kier molecular flexibility index (Phi) is 4.93. The zero-order valence-corrected chi connectivity index (χ0v) is 9.03. The van der Waals surface area contributed by atoms with E-state index in [0.717, 1.165) is 6.54 Å². The van der Waals surface area contributed by atoms with Crippen LogP contribution < -0.4 is 5.32 Å². The molecule has 0 saturated heterocycles. The van der Waals surface area contributed by atoms with E-state index >= 15 is 0 Å². The molecule has 1 aromatic rings. The number of aromatic amines is 1. The summed E-state index contributed by atoms with van der Waals surface area (Å²) in [5.41, 5.74) is 1.23. The fourth-order valence-corrected chi connectivity index (χ4v) is 1.58. The number of nitrogens with one attached hydrogen (secondary N) is 2. The minimum Gasteiger partial charge on any atom is -0.310 e. The molecular weight excluding hydrogens is 182 g/mol. The van der Waals surface area contributed by atoms with E-state index in [9.17, 15) is 0 Å². The summed E-state index contributed by atoms with van der Waals surface area (Å²) in [5.74, 6) is 1.23. The van der Waals surface area contributed by atoms with Gasteiger partial charge in [-0.15, -0.1) is 0 Å². The van der Waals surface area contributed by atoms with Crippen molar-refractivity contribution in [3.63, 3.8) is 0 Å². The highest BCUT2D eigenvalue weighted by molar-refractivity contribution is 7.98. The summed E-state index contributed by atoms with van der Waals surface area (Å²) in [6.45, 7) is 3.23. The van der Waals surface area contributed by atoms with Gasteiger partial charge in [-0.2, -0.15) is 16.9 Å². The number of hydrogen-bond acceptors (Lipinski definition) is 3. The third kappa shape index (κ3) is 3.83. The first kappa shape index (κ1) is 10.6. The van der Waals surface area contributed by atoms with Crippen molar-refractivity contribution >= 4 is 11.8 Å². The minimum absolute atomic E-state index is 0.403. The van der Waals surface area contributed by atoms with Crippen molar-refractivity contribution < 1.29 is 0 Å². The second-order valence-electron chi connectivity index (χ2n) is 3.05. The molecule has 0 aliphatic carbocycles. The first-order chi connectivity index (χ1) is 6.34. The van der Waals surface area contributed by atoms with Crippen molar-refractivity contribution in [2.45, 2.75) is 19.4 Å². The number of aromatic nitrogens is 2. The molecule has 0 aromatic carbocycles. The van der Waals surface area contributed by atoms with Crippen molar-refractivity contribution in [3.8, 4) is 0 Å². The van der Waals surface area contributed by atoms with Gasteiger partial charge in [0.05, 0.1) is 6.20 Å². The van der Waals surface area contributed by atoms with Crippen LogP contribution >= 0.6 is 11.8 Å². The summed E-state index contributed by atoms with van der Waals surface area (Å²) >= 11 is 1.89. The van der Waals surface area contributed by atoms with Crippen LogP contribution in [0.1, 0.15) is 24.9 Å². The average molecular weight is 199 g/mol. The van der Waals surface area contributed by atoms with Gasteiger partial charge in [0.25, 0.3) is 0 Å². The summed E-state index contributed by atoms with van der Waals surface area (Å²) in [5, 5.41) is 10.2. The van der Waals surface area contributed by atoms with E-state index in [4.69, 9.17) is 0 Å². The Bertz CT molecular complexity index is 211. The van der Waals surface area contributed by atoms with Crippen LogP contribution in [0.25, 0.3) is 0 Å². The van der Waals surface area contributed by atoms with Gasteiger partial charge in [0.2, 0.25) is 0 Å². The van der Waals surface area contributed by atoms with Crippen molar-refractivity contribution in [2.75, 3.05) is 18.6 Å². The standard InChI is InChI=1S/C9H17N3S/c1-8(9-6-11-12-7-9)10-4-3-5-13-2/h6-8,10H,3-5H2,1-2H3,(H,11,12). The summed E-state index contributed by atoms with van der Waals surface area (Å²) in [6.07, 6.45) is 7.17. The van der Waals surface area contributed by atoms with E-state index in [0.29, 0.717) is 6.04 Å². The second kappa shape index (κ2) is 6.05. The summed E-state index contributed by atoms with van der Waals surface area (Å²) in [4.78, 5) is 0. The van der Waals surface area contributed by atoms with E-state index in [1.165, 1.54) is 17.7 Å². The number of nitrogens with zero attached hydrogens (tertiary/aromatic N) is 1. The predicted molar refractivity (Wildman–Crippen MR) is 58.0 cm³/mol. The molecule has 4 heteroatoms. The van der Waals surface area contributed by atoms with Crippen LogP contribution in [0.15, 0.2) is 12.4 Å². The Labute approximate surface area is 83.7 Å². The van der Waals surface area contributed by atoms with Crippen LogP contribution in [0.5, 0.6) is 0 Å². The first-order valence-corrected chi connectivity index (χ1v) is 5.95. The number of thioether (sulfide) groups is 1. The normalized spacial score (nSPS) is 13.1. The molecule has 0 aliphatic heterocycles. The quantitative estimate of drug-likeness (QED) is 0.687. The Hall–Kier alpha value is -0.480. The minimum atomic E-state index is 0.403. The van der Waals surface area contributed by atoms with Crippen LogP contribution in [-0.4, -0.2) is 28.8 Å². The maximum Gasteiger partial charge on any atom is 0.0534 e. The lowest BCUT2D eigenvalue weighted by molar-refractivity contribution is 0.573. The molecule has 0 amide bonds. The van der Waals surface area contributed by atoms with Crippen LogP contribution in [-0.2, 0) is 0 Å². The lowest BCUT2D eigenvalue weighted by atomic mass is 10.2. The summed E-state index contributed by atoms with van der Waals surface area (Å²) < 4.78 is 0. The number of rotatable bonds is 6. The van der Waals surface area contributed by atoms with E-state index in [2.05, 4.69) is 28.7 Å². The molecule has 1 heterocycles. The van der Waals surface area contributed by atoms with Crippen LogP contribution in [0.2, 0.25) is 0 Å². The largest absolute Gasteiger partial charge is 0.310 e. The molecule has 0 spiro atoms. The Balaban J connectivity index is 2.15. The topological polar surface area (TPSA) is 40.7 Å². The Morgan fingerprint density at radius 1 is 1.69 bits per heavy atom. The van der Waals surface area contributed by atoms with E-state index in [1.807, 2.05) is 24.2 Å². The van der Waals surface area contributed by atoms with Gasteiger partial charge in [0.15, 0.2) is 0 Å². The molecule has 0 radical (unpaired) electrons. The molecular formula is C9H17N3S. The van der Waals surface area contributed by atoms with Gasteiger partial charge < -0.3 is 5.32 Å². The summed E-state index contributed by atoms with van der Waals surface area (Å²) in [7, 11) is 0. The number of hydrogen-bond donors (Lipinski definition) is 2. The zero-order chi connectivity index (χ0) is 9.52. The van der Waals surface area contributed by atoms with E-state index in [-0.39, 0.29) is 0 Å².